The van der Waals surface area contributed by atoms with Crippen LogP contribution < -0.4 is 11.1 Å². The van der Waals surface area contributed by atoms with Gasteiger partial charge >= 0.3 is 0 Å². The molecule has 1 N–H and O–H groups in total. The van der Waals surface area contributed by atoms with Gasteiger partial charge in [0.25, 0.3) is 11.1 Å². The van der Waals surface area contributed by atoms with E-state index in [9.17, 15) is 9.59 Å². The number of thiophene rings is 1. The monoisotopic (exact) mass is 498 g/mol. The highest BCUT2D eigenvalue weighted by Crippen LogP contribution is 2.31. The fourth-order valence-electron chi connectivity index (χ4n) is 3.98. The Bertz CT molecular complexity index is 1770. The normalized spacial score (nSPS) is 11.4. The molecule has 6 rings (SSSR count). The van der Waals surface area contributed by atoms with Crippen LogP contribution >= 0.6 is 23.1 Å². The number of fused-ring (bicyclic) bond motifs is 2. The first-order valence-electron chi connectivity index (χ1n) is 10.9. The van der Waals surface area contributed by atoms with E-state index in [0.29, 0.717) is 43.6 Å². The van der Waals surface area contributed by atoms with Crippen molar-refractivity contribution in [3.63, 3.8) is 0 Å². The Morgan fingerprint density at radius 1 is 0.971 bits per heavy atom. The molecule has 0 atom stereocenters. The van der Waals surface area contributed by atoms with Crippen LogP contribution in [0.15, 0.2) is 97.5 Å². The molecule has 0 aliphatic rings. The van der Waals surface area contributed by atoms with Crippen LogP contribution in [-0.4, -0.2) is 19.5 Å². The first-order valence-corrected chi connectivity index (χ1v) is 12.7. The zero-order valence-corrected chi connectivity index (χ0v) is 19.9. The Morgan fingerprint density at radius 2 is 1.80 bits per heavy atom. The minimum Gasteiger partial charge on any atom is -0.467 e. The lowest BCUT2D eigenvalue weighted by atomic mass is 10.1. The van der Waals surface area contributed by atoms with Crippen LogP contribution in [0.25, 0.3) is 32.2 Å². The molecule has 2 aromatic carbocycles. The smallest absolute Gasteiger partial charge is 0.262 e. The van der Waals surface area contributed by atoms with Gasteiger partial charge in [-0.05, 0) is 29.8 Å². The first kappa shape index (κ1) is 21.6. The van der Waals surface area contributed by atoms with Crippen molar-refractivity contribution < 1.29 is 4.42 Å². The molecule has 4 heterocycles. The summed E-state index contributed by atoms with van der Waals surface area (Å²) in [6.07, 6.45) is 1.58. The molecule has 0 bridgehead atoms. The third kappa shape index (κ3) is 4.09. The lowest BCUT2D eigenvalue weighted by molar-refractivity contribution is 0.476. The summed E-state index contributed by atoms with van der Waals surface area (Å²) in [5.41, 5.74) is 2.16. The van der Waals surface area contributed by atoms with E-state index in [-0.39, 0.29) is 17.7 Å². The summed E-state index contributed by atoms with van der Waals surface area (Å²) in [4.78, 5) is 39.3. The summed E-state index contributed by atoms with van der Waals surface area (Å²) in [7, 11) is 0. The van der Waals surface area contributed by atoms with E-state index in [2.05, 4.69) is 4.98 Å². The molecule has 0 aliphatic carbocycles. The molecule has 0 aliphatic heterocycles. The Kier molecular flexibility index (Phi) is 5.55. The van der Waals surface area contributed by atoms with Gasteiger partial charge in [-0.15, -0.1) is 11.3 Å². The molecule has 0 radical (unpaired) electrons. The van der Waals surface area contributed by atoms with Crippen molar-refractivity contribution in [3.8, 4) is 11.1 Å². The van der Waals surface area contributed by atoms with Gasteiger partial charge in [0.1, 0.15) is 16.4 Å². The van der Waals surface area contributed by atoms with Gasteiger partial charge in [0.15, 0.2) is 5.16 Å². The van der Waals surface area contributed by atoms with Crippen LogP contribution in [0.1, 0.15) is 11.6 Å². The number of benzene rings is 2. The number of hydrogen-bond acceptors (Lipinski definition) is 7. The lowest BCUT2D eigenvalue weighted by Gasteiger charge is -2.12. The number of aromatic amines is 1. The van der Waals surface area contributed by atoms with Crippen LogP contribution in [0.3, 0.4) is 0 Å². The molecule has 4 aromatic heterocycles. The number of para-hydroxylation sites is 1. The third-order valence-electron chi connectivity index (χ3n) is 5.64. The summed E-state index contributed by atoms with van der Waals surface area (Å²) >= 11 is 2.80. The highest BCUT2D eigenvalue weighted by molar-refractivity contribution is 7.98. The fraction of sp³-hybridized carbons (Fsp3) is 0.0769. The van der Waals surface area contributed by atoms with Crippen molar-refractivity contribution in [2.75, 3.05) is 0 Å². The number of hydrogen-bond donors (Lipinski definition) is 1. The van der Waals surface area contributed by atoms with E-state index < -0.39 is 0 Å². The van der Waals surface area contributed by atoms with Crippen molar-refractivity contribution in [1.82, 2.24) is 19.5 Å². The van der Waals surface area contributed by atoms with Crippen LogP contribution in [-0.2, 0) is 12.3 Å². The SMILES string of the molecule is O=c1[nH]c(CSc2nc3ccccc3c(=O)n2Cc2ccco2)nc2scc(-c3ccccc3)c12. The molecule has 6 aromatic rings. The topological polar surface area (TPSA) is 93.8 Å². The summed E-state index contributed by atoms with van der Waals surface area (Å²) < 4.78 is 7.07. The van der Waals surface area contributed by atoms with Gasteiger partial charge in [-0.3, -0.25) is 14.2 Å². The zero-order chi connectivity index (χ0) is 23.8. The molecule has 0 spiro atoms. The highest BCUT2D eigenvalue weighted by Gasteiger charge is 2.16. The minimum atomic E-state index is -0.176. The van der Waals surface area contributed by atoms with E-state index in [0.717, 1.165) is 11.1 Å². The first-order chi connectivity index (χ1) is 17.2. The predicted molar refractivity (Wildman–Crippen MR) is 139 cm³/mol. The average Bonchev–Trinajstić information content (AvgIpc) is 3.56. The van der Waals surface area contributed by atoms with Crippen LogP contribution in [0, 0.1) is 0 Å². The highest BCUT2D eigenvalue weighted by atomic mass is 32.2. The summed E-state index contributed by atoms with van der Waals surface area (Å²) in [5, 5.41) is 3.63. The molecule has 35 heavy (non-hydrogen) atoms. The van der Waals surface area contributed by atoms with Crippen molar-refractivity contribution in [3.05, 3.63) is 111 Å². The number of aromatic nitrogens is 4. The van der Waals surface area contributed by atoms with Gasteiger partial charge in [-0.25, -0.2) is 9.97 Å². The molecule has 0 saturated carbocycles. The summed E-state index contributed by atoms with van der Waals surface area (Å²) in [6, 6.07) is 20.7. The summed E-state index contributed by atoms with van der Waals surface area (Å²) in [5.74, 6) is 1.54. The summed E-state index contributed by atoms with van der Waals surface area (Å²) in [6.45, 7) is 0.264. The maximum Gasteiger partial charge on any atom is 0.262 e. The van der Waals surface area contributed by atoms with E-state index in [1.54, 1.807) is 23.0 Å². The quantitative estimate of drug-likeness (QED) is 0.248. The number of H-pyrrole nitrogens is 1. The van der Waals surface area contributed by atoms with E-state index >= 15 is 0 Å². The average molecular weight is 499 g/mol. The second-order valence-corrected chi connectivity index (χ2v) is 9.68. The van der Waals surface area contributed by atoms with Crippen molar-refractivity contribution >= 4 is 44.2 Å². The molecule has 7 nitrogen and oxygen atoms in total. The predicted octanol–water partition coefficient (Wildman–Crippen LogP) is 5.30. The van der Waals surface area contributed by atoms with Gasteiger partial charge in [-0.2, -0.15) is 0 Å². The number of rotatable bonds is 6. The van der Waals surface area contributed by atoms with E-state index in [1.165, 1.54) is 23.1 Å². The largest absolute Gasteiger partial charge is 0.467 e. The molecule has 0 fully saturated rings. The number of nitrogens with one attached hydrogen (secondary N) is 1. The van der Waals surface area contributed by atoms with Gasteiger partial charge in [0.05, 0.1) is 34.8 Å². The molecule has 0 amide bonds. The Morgan fingerprint density at radius 3 is 2.63 bits per heavy atom. The minimum absolute atomic E-state index is 0.142. The van der Waals surface area contributed by atoms with E-state index in [4.69, 9.17) is 14.4 Å². The molecule has 0 saturated heterocycles. The number of thioether (sulfide) groups is 1. The van der Waals surface area contributed by atoms with Gasteiger partial charge < -0.3 is 9.40 Å². The molecular weight excluding hydrogens is 480 g/mol. The Labute approximate surface area is 207 Å². The van der Waals surface area contributed by atoms with Crippen LogP contribution in [0.2, 0.25) is 0 Å². The standard InChI is InChI=1S/C26H18N4O3S2/c31-23-22-19(16-7-2-1-3-8-16)14-34-24(22)29-21(28-23)15-35-26-27-20-11-5-4-10-18(20)25(32)30(26)13-17-9-6-12-33-17/h1-12,14H,13,15H2,(H,28,29,31). The van der Waals surface area contributed by atoms with Crippen molar-refractivity contribution in [2.24, 2.45) is 0 Å². The van der Waals surface area contributed by atoms with Crippen LogP contribution in [0.4, 0.5) is 0 Å². The van der Waals surface area contributed by atoms with Crippen molar-refractivity contribution in [1.29, 1.82) is 0 Å². The second kappa shape index (κ2) is 9.01. The maximum absolute atomic E-state index is 13.2. The van der Waals surface area contributed by atoms with Crippen molar-refractivity contribution in [2.45, 2.75) is 17.5 Å². The fourth-order valence-corrected chi connectivity index (χ4v) is 5.82. The molecule has 9 heteroatoms. The molecule has 0 unspecified atom stereocenters. The third-order valence-corrected chi connectivity index (χ3v) is 7.50. The maximum atomic E-state index is 13.2. The van der Waals surface area contributed by atoms with Gasteiger partial charge in [-0.1, -0.05) is 54.2 Å². The Hall–Kier alpha value is -3.95. The molecule has 172 valence electrons. The van der Waals surface area contributed by atoms with Crippen LogP contribution in [0.5, 0.6) is 0 Å². The van der Waals surface area contributed by atoms with E-state index in [1.807, 2.05) is 60.0 Å². The second-order valence-electron chi connectivity index (χ2n) is 7.88. The zero-order valence-electron chi connectivity index (χ0n) is 18.3. The van der Waals surface area contributed by atoms with Gasteiger partial charge in [0.2, 0.25) is 0 Å². The van der Waals surface area contributed by atoms with Gasteiger partial charge in [0, 0.05) is 10.9 Å². The number of nitrogens with zero attached hydrogens (tertiary/aromatic N) is 3. The molecular formula is C26H18N4O3S2. The Balaban J connectivity index is 1.36. The lowest BCUT2D eigenvalue weighted by Crippen LogP contribution is -2.24. The number of furan rings is 1.